The Morgan fingerprint density at radius 1 is 1.64 bits per heavy atom. The van der Waals surface area contributed by atoms with E-state index in [0.717, 1.165) is 0 Å². The van der Waals surface area contributed by atoms with Gasteiger partial charge in [0.15, 0.2) is 0 Å². The highest BCUT2D eigenvalue weighted by atomic mass is 35.5. The summed E-state index contributed by atoms with van der Waals surface area (Å²) in [4.78, 5) is 10.0. The smallest absolute Gasteiger partial charge is 0.275 e. The Morgan fingerprint density at radius 2 is 2.29 bits per heavy atom. The van der Waals surface area contributed by atoms with Gasteiger partial charge in [0.1, 0.15) is 0 Å². The molecule has 6 heteroatoms. The van der Waals surface area contributed by atoms with Gasteiger partial charge in [0.25, 0.3) is 5.69 Å². The van der Waals surface area contributed by atoms with E-state index in [1.54, 1.807) is 0 Å². The first-order chi connectivity index (χ1) is 6.57. The summed E-state index contributed by atoms with van der Waals surface area (Å²) in [5.74, 6) is 0. The fourth-order valence-electron chi connectivity index (χ4n) is 1.14. The number of nitrogens with two attached hydrogens (primary N) is 1. The molecule has 0 saturated heterocycles. The molecule has 0 aliphatic rings. The van der Waals surface area contributed by atoms with Crippen LogP contribution in [0.4, 0.5) is 5.69 Å². The number of nitro benzene ring substituents is 1. The Bertz CT molecular complexity index is 356. The molecule has 5 nitrogen and oxygen atoms in total. The fourth-order valence-corrected chi connectivity index (χ4v) is 1.45. The molecule has 0 bridgehead atoms. The van der Waals surface area contributed by atoms with Gasteiger partial charge in [0, 0.05) is 6.07 Å². The summed E-state index contributed by atoms with van der Waals surface area (Å²) in [6.45, 7) is -0.384. The van der Waals surface area contributed by atoms with Crippen LogP contribution >= 0.6 is 11.6 Å². The van der Waals surface area contributed by atoms with Gasteiger partial charge in [0.05, 0.1) is 28.2 Å². The van der Waals surface area contributed by atoms with Crippen molar-refractivity contribution in [3.05, 3.63) is 38.9 Å². The molecule has 0 aliphatic carbocycles. The molecule has 0 heterocycles. The normalized spacial score (nSPS) is 12.5. The molecule has 1 aromatic rings. The zero-order valence-electron chi connectivity index (χ0n) is 7.18. The standard InChI is InChI=1S/C8H9ClN2O3/c9-5-2-1-3-7(11(13)14)8(5)6(10)4-12/h1-3,6,12H,4,10H2/t6-/m1/s1. The number of nitrogens with zero attached hydrogens (tertiary/aromatic N) is 1. The van der Waals surface area contributed by atoms with Crippen molar-refractivity contribution in [2.24, 2.45) is 5.73 Å². The second kappa shape index (κ2) is 4.36. The van der Waals surface area contributed by atoms with Crippen molar-refractivity contribution in [2.75, 3.05) is 6.61 Å². The van der Waals surface area contributed by atoms with Gasteiger partial charge in [-0.3, -0.25) is 10.1 Å². The lowest BCUT2D eigenvalue weighted by atomic mass is 10.1. The van der Waals surface area contributed by atoms with Crippen molar-refractivity contribution in [1.82, 2.24) is 0 Å². The van der Waals surface area contributed by atoms with E-state index in [2.05, 4.69) is 0 Å². The molecule has 1 rings (SSSR count). The number of rotatable bonds is 3. The van der Waals surface area contributed by atoms with E-state index in [-0.39, 0.29) is 22.9 Å². The summed E-state index contributed by atoms with van der Waals surface area (Å²) in [6.07, 6.45) is 0. The Labute approximate surface area is 85.3 Å². The van der Waals surface area contributed by atoms with Crippen LogP contribution in [0.15, 0.2) is 18.2 Å². The lowest BCUT2D eigenvalue weighted by Crippen LogP contribution is -2.16. The van der Waals surface area contributed by atoms with Gasteiger partial charge in [-0.05, 0) is 6.07 Å². The summed E-state index contributed by atoms with van der Waals surface area (Å²) in [7, 11) is 0. The van der Waals surface area contributed by atoms with Gasteiger partial charge in [-0.1, -0.05) is 17.7 Å². The minimum absolute atomic E-state index is 0.168. The van der Waals surface area contributed by atoms with E-state index in [9.17, 15) is 10.1 Å². The lowest BCUT2D eigenvalue weighted by molar-refractivity contribution is -0.385. The average Bonchev–Trinajstić information content (AvgIpc) is 2.16. The SMILES string of the molecule is N[C@H](CO)c1c(Cl)cccc1[N+](=O)[O-]. The van der Waals surface area contributed by atoms with Crippen molar-refractivity contribution in [3.63, 3.8) is 0 Å². The lowest BCUT2D eigenvalue weighted by Gasteiger charge is -2.10. The molecular formula is C8H9ClN2O3. The van der Waals surface area contributed by atoms with Gasteiger partial charge in [-0.2, -0.15) is 0 Å². The van der Waals surface area contributed by atoms with Gasteiger partial charge < -0.3 is 10.8 Å². The Kier molecular flexibility index (Phi) is 3.40. The van der Waals surface area contributed by atoms with Crippen LogP contribution in [0.1, 0.15) is 11.6 Å². The maximum atomic E-state index is 10.6. The van der Waals surface area contributed by atoms with Crippen molar-refractivity contribution in [2.45, 2.75) is 6.04 Å². The Hall–Kier alpha value is -1.17. The molecule has 0 aliphatic heterocycles. The molecule has 0 spiro atoms. The summed E-state index contributed by atoms with van der Waals surface area (Å²) >= 11 is 5.75. The van der Waals surface area contributed by atoms with Gasteiger partial charge in [0.2, 0.25) is 0 Å². The number of hydrogen-bond acceptors (Lipinski definition) is 4. The average molecular weight is 217 g/mol. The van der Waals surface area contributed by atoms with Gasteiger partial charge >= 0.3 is 0 Å². The van der Waals surface area contributed by atoms with Crippen molar-refractivity contribution in [1.29, 1.82) is 0 Å². The monoisotopic (exact) mass is 216 g/mol. The minimum atomic E-state index is -0.830. The number of aliphatic hydroxyl groups excluding tert-OH is 1. The summed E-state index contributed by atoms with van der Waals surface area (Å²) < 4.78 is 0. The van der Waals surface area contributed by atoms with Crippen molar-refractivity contribution in [3.8, 4) is 0 Å². The Balaban J connectivity index is 3.29. The quantitative estimate of drug-likeness (QED) is 0.588. The molecular weight excluding hydrogens is 208 g/mol. The summed E-state index contributed by atoms with van der Waals surface area (Å²) in [5, 5.41) is 19.6. The van der Waals surface area contributed by atoms with Crippen LogP contribution in [0.2, 0.25) is 5.02 Å². The van der Waals surface area contributed by atoms with E-state index < -0.39 is 11.0 Å². The zero-order valence-corrected chi connectivity index (χ0v) is 7.94. The van der Waals surface area contributed by atoms with Gasteiger partial charge in [-0.15, -0.1) is 0 Å². The third-order valence-electron chi connectivity index (χ3n) is 1.79. The predicted molar refractivity (Wildman–Crippen MR) is 52.1 cm³/mol. The molecule has 0 saturated carbocycles. The van der Waals surface area contributed by atoms with Crippen molar-refractivity contribution >= 4 is 17.3 Å². The van der Waals surface area contributed by atoms with E-state index in [1.165, 1.54) is 18.2 Å². The third-order valence-corrected chi connectivity index (χ3v) is 2.12. The molecule has 0 radical (unpaired) electrons. The first-order valence-electron chi connectivity index (χ1n) is 3.87. The first-order valence-corrected chi connectivity index (χ1v) is 4.25. The number of halogens is 1. The molecule has 1 atom stereocenters. The topological polar surface area (TPSA) is 89.4 Å². The van der Waals surface area contributed by atoms with Gasteiger partial charge in [-0.25, -0.2) is 0 Å². The van der Waals surface area contributed by atoms with Crippen LogP contribution in [-0.4, -0.2) is 16.6 Å². The van der Waals surface area contributed by atoms with E-state index in [4.69, 9.17) is 22.4 Å². The van der Waals surface area contributed by atoms with Crippen LogP contribution in [0, 0.1) is 10.1 Å². The van der Waals surface area contributed by atoms with Crippen molar-refractivity contribution < 1.29 is 10.0 Å². The fraction of sp³-hybridized carbons (Fsp3) is 0.250. The minimum Gasteiger partial charge on any atom is -0.394 e. The highest BCUT2D eigenvalue weighted by Crippen LogP contribution is 2.30. The highest BCUT2D eigenvalue weighted by molar-refractivity contribution is 6.31. The van der Waals surface area contributed by atoms with Crippen LogP contribution in [0.3, 0.4) is 0 Å². The highest BCUT2D eigenvalue weighted by Gasteiger charge is 2.21. The largest absolute Gasteiger partial charge is 0.394 e. The van der Waals surface area contributed by atoms with Crippen LogP contribution in [-0.2, 0) is 0 Å². The number of hydrogen-bond donors (Lipinski definition) is 2. The molecule has 0 amide bonds. The predicted octanol–water partition coefficient (Wildman–Crippen LogP) is 1.24. The van der Waals surface area contributed by atoms with E-state index in [1.807, 2.05) is 0 Å². The summed E-state index contributed by atoms with van der Waals surface area (Å²) in [6, 6.07) is 3.44. The molecule has 0 fully saturated rings. The molecule has 14 heavy (non-hydrogen) atoms. The number of nitro groups is 1. The van der Waals surface area contributed by atoms with Crippen LogP contribution in [0.25, 0.3) is 0 Å². The second-order valence-electron chi connectivity index (χ2n) is 2.72. The van der Waals surface area contributed by atoms with E-state index in [0.29, 0.717) is 0 Å². The first kappa shape index (κ1) is 10.9. The summed E-state index contributed by atoms with van der Waals surface area (Å²) in [5.41, 5.74) is 5.50. The molecule has 1 aromatic carbocycles. The maximum Gasteiger partial charge on any atom is 0.275 e. The molecule has 3 N–H and O–H groups in total. The van der Waals surface area contributed by atoms with E-state index >= 15 is 0 Å². The number of benzene rings is 1. The van der Waals surface area contributed by atoms with Crippen LogP contribution < -0.4 is 5.73 Å². The molecule has 0 unspecified atom stereocenters. The second-order valence-corrected chi connectivity index (χ2v) is 3.13. The third kappa shape index (κ3) is 2.01. The van der Waals surface area contributed by atoms with Crippen LogP contribution in [0.5, 0.6) is 0 Å². The molecule has 76 valence electrons. The molecule has 0 aromatic heterocycles. The zero-order chi connectivity index (χ0) is 10.7. The number of aliphatic hydroxyl groups is 1. The maximum absolute atomic E-state index is 10.6. The Morgan fingerprint density at radius 3 is 2.79 bits per heavy atom.